The molecule has 0 spiro atoms. The molecule has 0 N–H and O–H groups in total. The van der Waals surface area contributed by atoms with Crippen LogP contribution < -0.4 is 0 Å². The lowest BCUT2D eigenvalue weighted by atomic mass is 10.4. The van der Waals surface area contributed by atoms with Gasteiger partial charge in [-0.2, -0.15) is 0 Å². The molecule has 0 aliphatic heterocycles. The Hall–Kier alpha value is -0.740. The van der Waals surface area contributed by atoms with Crippen molar-refractivity contribution in [2.75, 3.05) is 13.2 Å². The Kier molecular flexibility index (Phi) is 9.04. The molecule has 0 aliphatic carbocycles. The van der Waals surface area contributed by atoms with E-state index in [1.54, 1.807) is 0 Å². The molecule has 92 valence electrons. The summed E-state index contributed by atoms with van der Waals surface area (Å²) in [4.78, 5) is 21.2. The molecule has 0 aromatic heterocycles. The molecule has 0 saturated carbocycles. The summed E-state index contributed by atoms with van der Waals surface area (Å²) in [7, 11) is 0. The number of ether oxygens (including phenoxy) is 2. The standard InChI is InChI=1S/C10H14Cl2O4/c1-2-3-6-15-9(13)4-5-10(14)16-7-8(11)12/h4-5,8H,2-3,6-7H2,1H3/b5-4+. The van der Waals surface area contributed by atoms with Crippen LogP contribution in [0.2, 0.25) is 0 Å². The van der Waals surface area contributed by atoms with Gasteiger partial charge in [0.05, 0.1) is 6.61 Å². The van der Waals surface area contributed by atoms with Crippen molar-refractivity contribution in [3.05, 3.63) is 12.2 Å². The monoisotopic (exact) mass is 268 g/mol. The molecule has 0 saturated heterocycles. The van der Waals surface area contributed by atoms with Crippen LogP contribution in [0.15, 0.2) is 12.2 Å². The van der Waals surface area contributed by atoms with Crippen molar-refractivity contribution in [1.29, 1.82) is 0 Å². The maximum absolute atomic E-state index is 11.0. The van der Waals surface area contributed by atoms with Gasteiger partial charge in [-0.3, -0.25) is 0 Å². The minimum atomic E-state index is -0.770. The lowest BCUT2D eigenvalue weighted by molar-refractivity contribution is -0.140. The molecular formula is C10H14Cl2O4. The first-order chi connectivity index (χ1) is 7.56. The Labute approximate surface area is 104 Å². The highest BCUT2D eigenvalue weighted by atomic mass is 35.5. The largest absolute Gasteiger partial charge is 0.463 e. The van der Waals surface area contributed by atoms with Gasteiger partial charge in [0.15, 0.2) is 0 Å². The number of rotatable bonds is 7. The van der Waals surface area contributed by atoms with Gasteiger partial charge in [-0.1, -0.05) is 13.3 Å². The highest BCUT2D eigenvalue weighted by Crippen LogP contribution is 2.01. The third kappa shape index (κ3) is 9.80. The Balaban J connectivity index is 3.71. The predicted molar refractivity (Wildman–Crippen MR) is 61.5 cm³/mol. The molecule has 0 aromatic carbocycles. The van der Waals surface area contributed by atoms with Crippen LogP contribution >= 0.6 is 23.2 Å². The van der Waals surface area contributed by atoms with Gasteiger partial charge < -0.3 is 9.47 Å². The van der Waals surface area contributed by atoms with E-state index in [4.69, 9.17) is 27.9 Å². The van der Waals surface area contributed by atoms with Crippen molar-refractivity contribution in [2.45, 2.75) is 24.6 Å². The van der Waals surface area contributed by atoms with E-state index in [0.29, 0.717) is 6.61 Å². The molecule has 6 heteroatoms. The van der Waals surface area contributed by atoms with Gasteiger partial charge >= 0.3 is 11.9 Å². The van der Waals surface area contributed by atoms with Crippen molar-refractivity contribution < 1.29 is 19.1 Å². The summed E-state index contributed by atoms with van der Waals surface area (Å²) >= 11 is 10.7. The fraction of sp³-hybridized carbons (Fsp3) is 0.600. The van der Waals surface area contributed by atoms with Gasteiger partial charge in [0, 0.05) is 12.2 Å². The van der Waals surface area contributed by atoms with Crippen LogP contribution in [-0.2, 0) is 19.1 Å². The molecular weight excluding hydrogens is 255 g/mol. The summed E-state index contributed by atoms with van der Waals surface area (Å²) in [5, 5.41) is 0. The second-order valence-electron chi connectivity index (χ2n) is 2.88. The topological polar surface area (TPSA) is 52.6 Å². The van der Waals surface area contributed by atoms with Gasteiger partial charge in [-0.15, -0.1) is 23.2 Å². The predicted octanol–water partition coefficient (Wildman–Crippen LogP) is 2.23. The van der Waals surface area contributed by atoms with Crippen LogP contribution in [0, 0.1) is 0 Å². The molecule has 16 heavy (non-hydrogen) atoms. The van der Waals surface area contributed by atoms with Crippen LogP contribution in [0.4, 0.5) is 0 Å². The van der Waals surface area contributed by atoms with Crippen molar-refractivity contribution in [3.63, 3.8) is 0 Å². The molecule has 0 unspecified atom stereocenters. The van der Waals surface area contributed by atoms with Crippen molar-refractivity contribution in [3.8, 4) is 0 Å². The molecule has 0 aliphatic rings. The Morgan fingerprint density at radius 1 is 1.19 bits per heavy atom. The Bertz CT molecular complexity index is 251. The number of hydrogen-bond acceptors (Lipinski definition) is 4. The lowest BCUT2D eigenvalue weighted by Crippen LogP contribution is -2.09. The van der Waals surface area contributed by atoms with Crippen LogP contribution in [-0.4, -0.2) is 30.0 Å². The molecule has 0 amide bonds. The van der Waals surface area contributed by atoms with Crippen LogP contribution in [0.5, 0.6) is 0 Å². The van der Waals surface area contributed by atoms with E-state index < -0.39 is 16.8 Å². The second-order valence-corrected chi connectivity index (χ2v) is 4.15. The number of carbonyl (C=O) groups is 2. The first-order valence-corrected chi connectivity index (χ1v) is 5.73. The Morgan fingerprint density at radius 2 is 1.75 bits per heavy atom. The summed E-state index contributed by atoms with van der Waals surface area (Å²) in [6.07, 6.45) is 3.72. The van der Waals surface area contributed by atoms with E-state index in [1.165, 1.54) is 0 Å². The molecule has 4 nitrogen and oxygen atoms in total. The number of unbranched alkanes of at least 4 members (excludes halogenated alkanes) is 1. The third-order valence-electron chi connectivity index (χ3n) is 1.45. The minimum Gasteiger partial charge on any atom is -0.463 e. The van der Waals surface area contributed by atoms with Crippen molar-refractivity contribution >= 4 is 35.1 Å². The van der Waals surface area contributed by atoms with Crippen LogP contribution in [0.25, 0.3) is 0 Å². The zero-order valence-electron chi connectivity index (χ0n) is 8.95. The molecule has 0 bridgehead atoms. The third-order valence-corrected chi connectivity index (χ3v) is 1.70. The van der Waals surface area contributed by atoms with Crippen molar-refractivity contribution in [1.82, 2.24) is 0 Å². The zero-order chi connectivity index (χ0) is 12.4. The fourth-order valence-corrected chi connectivity index (χ4v) is 0.821. The zero-order valence-corrected chi connectivity index (χ0v) is 10.5. The van der Waals surface area contributed by atoms with E-state index in [9.17, 15) is 9.59 Å². The number of carbonyl (C=O) groups excluding carboxylic acids is 2. The first kappa shape index (κ1) is 15.3. The quantitative estimate of drug-likeness (QED) is 0.308. The Morgan fingerprint density at radius 3 is 2.25 bits per heavy atom. The van der Waals surface area contributed by atoms with E-state index in [-0.39, 0.29) is 6.61 Å². The first-order valence-electron chi connectivity index (χ1n) is 4.86. The number of halogens is 2. The van der Waals surface area contributed by atoms with Gasteiger partial charge in [0.25, 0.3) is 0 Å². The smallest absolute Gasteiger partial charge is 0.331 e. The van der Waals surface area contributed by atoms with E-state index >= 15 is 0 Å². The number of alkyl halides is 2. The molecule has 0 aromatic rings. The number of hydrogen-bond donors (Lipinski definition) is 0. The maximum Gasteiger partial charge on any atom is 0.331 e. The van der Waals surface area contributed by atoms with Gasteiger partial charge in [0.2, 0.25) is 0 Å². The fourth-order valence-electron chi connectivity index (χ4n) is 0.695. The highest BCUT2D eigenvalue weighted by molar-refractivity contribution is 6.44. The summed E-state index contributed by atoms with van der Waals surface area (Å²) in [6, 6.07) is 0. The normalized spacial score (nSPS) is 10.8. The average molecular weight is 269 g/mol. The molecule has 0 atom stereocenters. The minimum absolute atomic E-state index is 0.114. The highest BCUT2D eigenvalue weighted by Gasteiger charge is 2.04. The summed E-state index contributed by atoms with van der Waals surface area (Å²) in [6.45, 7) is 2.22. The molecule has 0 rings (SSSR count). The summed E-state index contributed by atoms with van der Waals surface area (Å²) < 4.78 is 9.35. The van der Waals surface area contributed by atoms with Gasteiger partial charge in [-0.05, 0) is 6.42 Å². The summed E-state index contributed by atoms with van der Waals surface area (Å²) in [5.41, 5.74) is 0. The molecule has 0 radical (unpaired) electrons. The number of esters is 2. The van der Waals surface area contributed by atoms with Crippen LogP contribution in [0.1, 0.15) is 19.8 Å². The van der Waals surface area contributed by atoms with E-state index in [1.807, 2.05) is 6.92 Å². The van der Waals surface area contributed by atoms with Crippen molar-refractivity contribution in [2.24, 2.45) is 0 Å². The molecule has 0 heterocycles. The van der Waals surface area contributed by atoms with Gasteiger partial charge in [-0.25, -0.2) is 9.59 Å². The van der Waals surface area contributed by atoms with Crippen LogP contribution in [0.3, 0.4) is 0 Å². The van der Waals surface area contributed by atoms with E-state index in [2.05, 4.69) is 4.74 Å². The average Bonchev–Trinajstić information content (AvgIpc) is 2.24. The second kappa shape index (κ2) is 9.48. The van der Waals surface area contributed by atoms with Gasteiger partial charge in [0.1, 0.15) is 11.4 Å². The SMILES string of the molecule is CCCCOC(=O)/C=C/C(=O)OCC(Cl)Cl. The summed E-state index contributed by atoms with van der Waals surface area (Å²) in [5.74, 6) is -1.25. The maximum atomic E-state index is 11.0. The molecule has 0 fully saturated rings. The lowest BCUT2D eigenvalue weighted by Gasteiger charge is -2.01. The van der Waals surface area contributed by atoms with E-state index in [0.717, 1.165) is 25.0 Å².